The van der Waals surface area contributed by atoms with E-state index < -0.39 is 0 Å². The number of rotatable bonds is 7. The van der Waals surface area contributed by atoms with Gasteiger partial charge in [-0.05, 0) is 50.5 Å². The Labute approximate surface area is 121 Å². The fourth-order valence-electron chi connectivity index (χ4n) is 3.16. The van der Waals surface area contributed by atoms with Crippen LogP contribution in [0.5, 0.6) is 0 Å². The van der Waals surface area contributed by atoms with Crippen molar-refractivity contribution in [1.29, 1.82) is 0 Å². The molecule has 0 aromatic carbocycles. The molecular formula is C15H27N3O2. The molecule has 1 aliphatic carbocycles. The number of nitrogens with zero attached hydrogens (tertiary/aromatic N) is 2. The lowest BCUT2D eigenvalue weighted by atomic mass is 9.94. The number of hydrogen-bond acceptors (Lipinski definition) is 5. The number of ether oxygens (including phenoxy) is 1. The minimum Gasteiger partial charge on any atom is -0.370 e. The molecule has 1 aromatic heterocycles. The van der Waals surface area contributed by atoms with Gasteiger partial charge in [0.2, 0.25) is 11.7 Å². The highest BCUT2D eigenvalue weighted by molar-refractivity contribution is 5.04. The van der Waals surface area contributed by atoms with Crippen molar-refractivity contribution >= 4 is 0 Å². The first-order valence-corrected chi connectivity index (χ1v) is 7.68. The molecule has 0 amide bonds. The van der Waals surface area contributed by atoms with E-state index in [4.69, 9.17) is 15.0 Å². The Kier molecular flexibility index (Phi) is 5.16. The molecule has 1 aromatic rings. The van der Waals surface area contributed by atoms with E-state index in [-0.39, 0.29) is 5.60 Å². The second-order valence-electron chi connectivity index (χ2n) is 6.35. The second kappa shape index (κ2) is 6.68. The van der Waals surface area contributed by atoms with E-state index in [9.17, 15) is 0 Å². The summed E-state index contributed by atoms with van der Waals surface area (Å²) in [5, 5.41) is 4.16. The van der Waals surface area contributed by atoms with Crippen LogP contribution in [0.1, 0.15) is 57.7 Å². The lowest BCUT2D eigenvalue weighted by Gasteiger charge is -2.22. The Morgan fingerprint density at radius 3 is 2.60 bits per heavy atom. The van der Waals surface area contributed by atoms with Gasteiger partial charge in [-0.15, -0.1) is 0 Å². The van der Waals surface area contributed by atoms with Crippen LogP contribution in [0.2, 0.25) is 0 Å². The Morgan fingerprint density at radius 2 is 2.05 bits per heavy atom. The smallest absolute Gasteiger partial charge is 0.227 e. The van der Waals surface area contributed by atoms with E-state index in [1.165, 1.54) is 0 Å². The Balaban J connectivity index is 2.04. The van der Waals surface area contributed by atoms with Crippen LogP contribution in [-0.4, -0.2) is 23.8 Å². The van der Waals surface area contributed by atoms with Crippen molar-refractivity contribution in [3.05, 3.63) is 11.7 Å². The van der Waals surface area contributed by atoms with Crippen LogP contribution in [0.15, 0.2) is 4.52 Å². The molecule has 5 nitrogen and oxygen atoms in total. The zero-order valence-electron chi connectivity index (χ0n) is 12.9. The van der Waals surface area contributed by atoms with E-state index in [0.717, 1.165) is 38.5 Å². The van der Waals surface area contributed by atoms with Gasteiger partial charge in [-0.3, -0.25) is 0 Å². The van der Waals surface area contributed by atoms with Crippen molar-refractivity contribution in [3.63, 3.8) is 0 Å². The van der Waals surface area contributed by atoms with Crippen molar-refractivity contribution < 1.29 is 9.26 Å². The molecular weight excluding hydrogens is 254 g/mol. The maximum atomic E-state index is 5.84. The summed E-state index contributed by atoms with van der Waals surface area (Å²) in [5.74, 6) is 2.45. The lowest BCUT2D eigenvalue weighted by molar-refractivity contribution is -0.0178. The van der Waals surface area contributed by atoms with Crippen LogP contribution < -0.4 is 5.73 Å². The molecule has 1 heterocycles. The van der Waals surface area contributed by atoms with E-state index in [1.807, 2.05) is 0 Å². The summed E-state index contributed by atoms with van der Waals surface area (Å²) in [7, 11) is 1.74. The normalized spacial score (nSPS) is 19.6. The molecule has 2 rings (SSSR count). The molecule has 0 radical (unpaired) electrons. The molecule has 1 unspecified atom stereocenters. The van der Waals surface area contributed by atoms with Crippen LogP contribution in [0.3, 0.4) is 0 Å². The summed E-state index contributed by atoms with van der Waals surface area (Å²) in [4.78, 5) is 4.57. The van der Waals surface area contributed by atoms with Gasteiger partial charge in [0.05, 0.1) is 0 Å². The summed E-state index contributed by atoms with van der Waals surface area (Å²) in [5.41, 5.74) is 5.51. The quantitative estimate of drug-likeness (QED) is 0.831. The molecule has 2 N–H and O–H groups in total. The fraction of sp³-hybridized carbons (Fsp3) is 0.867. The number of nitrogens with two attached hydrogens (primary N) is 1. The van der Waals surface area contributed by atoms with Crippen molar-refractivity contribution in [2.24, 2.45) is 17.6 Å². The van der Waals surface area contributed by atoms with Gasteiger partial charge in [0.25, 0.3) is 0 Å². The molecule has 5 heteroatoms. The standard InChI is InChI=1S/C15H27N3O2/c1-11(2)8-12(10-16)9-13-17-14(18-20-13)15(19-3)6-4-5-7-15/h11-12H,4-10,16H2,1-3H3. The molecule has 1 saturated carbocycles. The molecule has 0 aliphatic heterocycles. The van der Waals surface area contributed by atoms with Gasteiger partial charge >= 0.3 is 0 Å². The number of hydrogen-bond donors (Lipinski definition) is 1. The molecule has 114 valence electrons. The minimum atomic E-state index is -0.321. The highest BCUT2D eigenvalue weighted by Crippen LogP contribution is 2.40. The average molecular weight is 281 g/mol. The lowest BCUT2D eigenvalue weighted by Crippen LogP contribution is -2.26. The molecule has 0 spiro atoms. The van der Waals surface area contributed by atoms with Crippen molar-refractivity contribution in [2.75, 3.05) is 13.7 Å². The third-order valence-corrected chi connectivity index (χ3v) is 4.28. The summed E-state index contributed by atoms with van der Waals surface area (Å²) in [6.07, 6.45) is 6.14. The number of aromatic nitrogens is 2. The van der Waals surface area contributed by atoms with Gasteiger partial charge in [-0.1, -0.05) is 19.0 Å². The van der Waals surface area contributed by atoms with Gasteiger partial charge in [0.15, 0.2) is 0 Å². The van der Waals surface area contributed by atoms with Crippen molar-refractivity contribution in [1.82, 2.24) is 10.1 Å². The monoisotopic (exact) mass is 281 g/mol. The minimum absolute atomic E-state index is 0.321. The van der Waals surface area contributed by atoms with Crippen molar-refractivity contribution in [2.45, 2.75) is 58.0 Å². The molecule has 1 fully saturated rings. The first-order valence-electron chi connectivity index (χ1n) is 7.68. The zero-order valence-corrected chi connectivity index (χ0v) is 12.9. The topological polar surface area (TPSA) is 74.2 Å². The Morgan fingerprint density at radius 1 is 1.35 bits per heavy atom. The first-order chi connectivity index (χ1) is 9.59. The summed E-state index contributed by atoms with van der Waals surface area (Å²) < 4.78 is 11.1. The van der Waals surface area contributed by atoms with Crippen molar-refractivity contribution in [3.8, 4) is 0 Å². The maximum absolute atomic E-state index is 5.84. The number of methoxy groups -OCH3 is 1. The highest BCUT2D eigenvalue weighted by atomic mass is 16.5. The average Bonchev–Trinajstić information content (AvgIpc) is 3.06. The van der Waals surface area contributed by atoms with Gasteiger partial charge in [-0.25, -0.2) is 0 Å². The molecule has 1 atom stereocenters. The van der Waals surface area contributed by atoms with E-state index in [1.54, 1.807) is 7.11 Å². The summed E-state index contributed by atoms with van der Waals surface area (Å²) in [6, 6.07) is 0. The van der Waals surface area contributed by atoms with E-state index >= 15 is 0 Å². The van der Waals surface area contributed by atoms with Gasteiger partial charge in [0, 0.05) is 13.5 Å². The molecule has 0 bridgehead atoms. The van der Waals surface area contributed by atoms with E-state index in [2.05, 4.69) is 24.0 Å². The van der Waals surface area contributed by atoms with Crippen LogP contribution in [0, 0.1) is 11.8 Å². The zero-order chi connectivity index (χ0) is 14.6. The predicted octanol–water partition coefficient (Wildman–Crippen LogP) is 2.65. The molecule has 0 saturated heterocycles. The Bertz CT molecular complexity index is 411. The summed E-state index contributed by atoms with van der Waals surface area (Å²) >= 11 is 0. The van der Waals surface area contributed by atoms with Gasteiger partial charge in [0.1, 0.15) is 5.60 Å². The Hall–Kier alpha value is -0.940. The summed E-state index contributed by atoms with van der Waals surface area (Å²) in [6.45, 7) is 5.08. The van der Waals surface area contributed by atoms with Crippen LogP contribution >= 0.6 is 0 Å². The van der Waals surface area contributed by atoms with Gasteiger partial charge < -0.3 is 15.0 Å². The SMILES string of the molecule is COC1(c2noc(CC(CN)CC(C)C)n2)CCCC1. The molecule has 1 aliphatic rings. The fourth-order valence-corrected chi connectivity index (χ4v) is 3.16. The molecule has 20 heavy (non-hydrogen) atoms. The third-order valence-electron chi connectivity index (χ3n) is 4.28. The van der Waals surface area contributed by atoms with Crippen LogP contribution in [-0.2, 0) is 16.8 Å². The maximum Gasteiger partial charge on any atom is 0.227 e. The van der Waals surface area contributed by atoms with E-state index in [0.29, 0.717) is 30.1 Å². The van der Waals surface area contributed by atoms with Crippen LogP contribution in [0.4, 0.5) is 0 Å². The third kappa shape index (κ3) is 3.38. The first kappa shape index (κ1) is 15.4. The van der Waals surface area contributed by atoms with Crippen LogP contribution in [0.25, 0.3) is 0 Å². The second-order valence-corrected chi connectivity index (χ2v) is 6.35. The predicted molar refractivity (Wildman–Crippen MR) is 77.2 cm³/mol. The highest BCUT2D eigenvalue weighted by Gasteiger charge is 2.40. The largest absolute Gasteiger partial charge is 0.370 e. The van der Waals surface area contributed by atoms with Gasteiger partial charge in [-0.2, -0.15) is 4.98 Å².